The van der Waals surface area contributed by atoms with Gasteiger partial charge in [-0.15, -0.1) is 0 Å². The van der Waals surface area contributed by atoms with Crippen LogP contribution in [0.1, 0.15) is 65.2 Å². The SMILES string of the molecule is COC(=O)[C@@H]1CC2=CC(=O)CCC2(C)C2=CCC3(C)C(CC[C@@]34CCC(=O)O4)C21. The molecule has 5 rings (SSSR count). The van der Waals surface area contributed by atoms with Crippen molar-refractivity contribution in [2.75, 3.05) is 7.11 Å². The number of ketones is 1. The van der Waals surface area contributed by atoms with Crippen LogP contribution >= 0.6 is 0 Å². The highest BCUT2D eigenvalue weighted by molar-refractivity contribution is 5.92. The highest BCUT2D eigenvalue weighted by Crippen LogP contribution is 2.69. The minimum atomic E-state index is -0.392. The molecule has 0 aromatic carbocycles. The molecule has 156 valence electrons. The van der Waals surface area contributed by atoms with Gasteiger partial charge in [-0.3, -0.25) is 14.4 Å². The normalized spacial score (nSPS) is 45.7. The zero-order chi connectivity index (χ0) is 20.6. The highest BCUT2D eigenvalue weighted by atomic mass is 16.6. The quantitative estimate of drug-likeness (QED) is 0.495. The third-order valence-corrected chi connectivity index (χ3v) is 9.23. The molecule has 6 atom stereocenters. The molecule has 3 fully saturated rings. The molecule has 0 N–H and O–H groups in total. The van der Waals surface area contributed by atoms with Crippen molar-refractivity contribution in [3.05, 3.63) is 23.3 Å². The monoisotopic (exact) mass is 398 g/mol. The van der Waals surface area contributed by atoms with E-state index in [9.17, 15) is 14.4 Å². The van der Waals surface area contributed by atoms with Crippen molar-refractivity contribution in [3.8, 4) is 0 Å². The molecule has 4 aliphatic carbocycles. The van der Waals surface area contributed by atoms with E-state index in [1.165, 1.54) is 12.7 Å². The Labute approximate surface area is 171 Å². The minimum Gasteiger partial charge on any atom is -0.469 e. The van der Waals surface area contributed by atoms with E-state index in [1.807, 2.05) is 0 Å². The largest absolute Gasteiger partial charge is 0.469 e. The number of hydrogen-bond acceptors (Lipinski definition) is 5. The number of carbonyl (C=O) groups is 3. The number of rotatable bonds is 1. The Balaban J connectivity index is 1.63. The first kappa shape index (κ1) is 19.1. The summed E-state index contributed by atoms with van der Waals surface area (Å²) < 4.78 is 11.2. The summed E-state index contributed by atoms with van der Waals surface area (Å²) in [4.78, 5) is 37.1. The lowest BCUT2D eigenvalue weighted by Gasteiger charge is -2.56. The molecule has 0 radical (unpaired) electrons. The van der Waals surface area contributed by atoms with Crippen LogP contribution in [0, 0.1) is 28.6 Å². The van der Waals surface area contributed by atoms with Crippen LogP contribution in [0.5, 0.6) is 0 Å². The second-order valence-electron chi connectivity index (χ2n) is 10.2. The molecule has 5 nitrogen and oxygen atoms in total. The second-order valence-corrected chi connectivity index (χ2v) is 10.2. The van der Waals surface area contributed by atoms with Gasteiger partial charge in [0.05, 0.1) is 13.0 Å². The van der Waals surface area contributed by atoms with E-state index >= 15 is 0 Å². The highest BCUT2D eigenvalue weighted by Gasteiger charge is 2.67. The fourth-order valence-electron chi connectivity index (χ4n) is 7.53. The molecular formula is C24H30O5. The first-order valence-electron chi connectivity index (χ1n) is 11.0. The molecule has 1 saturated heterocycles. The fourth-order valence-corrected chi connectivity index (χ4v) is 7.53. The van der Waals surface area contributed by atoms with E-state index in [-0.39, 0.29) is 46.3 Å². The van der Waals surface area contributed by atoms with E-state index in [0.717, 1.165) is 37.7 Å². The topological polar surface area (TPSA) is 69.7 Å². The van der Waals surface area contributed by atoms with Crippen LogP contribution in [-0.2, 0) is 23.9 Å². The van der Waals surface area contributed by atoms with Gasteiger partial charge in [-0.25, -0.2) is 0 Å². The molecule has 29 heavy (non-hydrogen) atoms. The van der Waals surface area contributed by atoms with Gasteiger partial charge in [0.2, 0.25) is 0 Å². The Bertz CT molecular complexity index is 868. The van der Waals surface area contributed by atoms with Crippen molar-refractivity contribution >= 4 is 17.7 Å². The number of esters is 2. The van der Waals surface area contributed by atoms with Crippen LogP contribution in [0.15, 0.2) is 23.3 Å². The number of carbonyl (C=O) groups excluding carboxylic acids is 3. The Morgan fingerprint density at radius 1 is 1.17 bits per heavy atom. The maximum absolute atomic E-state index is 12.9. The molecule has 0 aromatic heterocycles. The molecule has 0 aromatic rings. The van der Waals surface area contributed by atoms with Crippen LogP contribution < -0.4 is 0 Å². The third-order valence-electron chi connectivity index (χ3n) is 9.23. The van der Waals surface area contributed by atoms with Crippen molar-refractivity contribution in [2.24, 2.45) is 28.6 Å². The summed E-state index contributed by atoms with van der Waals surface area (Å²) in [6.45, 7) is 4.52. The predicted molar refractivity (Wildman–Crippen MR) is 106 cm³/mol. The molecule has 1 heterocycles. The number of hydrogen-bond donors (Lipinski definition) is 0. The van der Waals surface area contributed by atoms with Gasteiger partial charge in [0, 0.05) is 23.7 Å². The smallest absolute Gasteiger partial charge is 0.309 e. The molecule has 4 unspecified atom stereocenters. The Morgan fingerprint density at radius 2 is 1.97 bits per heavy atom. The van der Waals surface area contributed by atoms with E-state index in [0.29, 0.717) is 19.3 Å². The van der Waals surface area contributed by atoms with Crippen molar-refractivity contribution in [3.63, 3.8) is 0 Å². The zero-order valence-corrected chi connectivity index (χ0v) is 17.6. The molecule has 0 amide bonds. The van der Waals surface area contributed by atoms with Gasteiger partial charge in [0.15, 0.2) is 5.78 Å². The lowest BCUT2D eigenvalue weighted by Crippen LogP contribution is -2.53. The molecule has 1 aliphatic heterocycles. The summed E-state index contributed by atoms with van der Waals surface area (Å²) in [5, 5.41) is 0. The first-order chi connectivity index (χ1) is 13.7. The minimum absolute atomic E-state index is 0.0854. The molecule has 2 saturated carbocycles. The Morgan fingerprint density at radius 3 is 2.66 bits per heavy atom. The molecule has 5 aliphatic rings. The number of allylic oxidation sites excluding steroid dienone is 4. The third kappa shape index (κ3) is 2.36. The summed E-state index contributed by atoms with van der Waals surface area (Å²) in [7, 11) is 1.46. The maximum Gasteiger partial charge on any atom is 0.309 e. The lowest BCUT2D eigenvalue weighted by atomic mass is 9.48. The van der Waals surface area contributed by atoms with Crippen LogP contribution in [0.4, 0.5) is 0 Å². The standard InChI is InChI=1S/C24H30O5/c1-22-8-4-15(25)12-14(22)13-16(21(27)28-3)20-17(22)5-9-23(2)18(20)6-10-24(23)11-7-19(26)29-24/h5,12,16,18,20H,4,6-11,13H2,1-3H3/t16-,18?,20?,22?,23?,24-/m1/s1. The second kappa shape index (κ2) is 6.05. The van der Waals surface area contributed by atoms with Crippen molar-refractivity contribution < 1.29 is 23.9 Å². The summed E-state index contributed by atoms with van der Waals surface area (Å²) in [5.74, 6) is 0.00356. The van der Waals surface area contributed by atoms with Crippen LogP contribution in [0.25, 0.3) is 0 Å². The van der Waals surface area contributed by atoms with Crippen molar-refractivity contribution in [1.29, 1.82) is 0 Å². The molecule has 0 bridgehead atoms. The van der Waals surface area contributed by atoms with Crippen molar-refractivity contribution in [2.45, 2.75) is 70.8 Å². The molecular weight excluding hydrogens is 368 g/mol. The van der Waals surface area contributed by atoms with Crippen LogP contribution in [-0.4, -0.2) is 30.4 Å². The number of methoxy groups -OCH3 is 1. The Kier molecular flexibility index (Phi) is 3.98. The van der Waals surface area contributed by atoms with E-state index in [4.69, 9.17) is 9.47 Å². The fraction of sp³-hybridized carbons (Fsp3) is 0.708. The van der Waals surface area contributed by atoms with Gasteiger partial charge in [-0.1, -0.05) is 31.1 Å². The summed E-state index contributed by atoms with van der Waals surface area (Å²) >= 11 is 0. The lowest BCUT2D eigenvalue weighted by molar-refractivity contribution is -0.163. The number of fused-ring (bicyclic) bond motifs is 6. The maximum atomic E-state index is 12.9. The van der Waals surface area contributed by atoms with Gasteiger partial charge in [-0.05, 0) is 56.4 Å². The van der Waals surface area contributed by atoms with Crippen molar-refractivity contribution in [1.82, 2.24) is 0 Å². The average molecular weight is 398 g/mol. The van der Waals surface area contributed by atoms with E-state index in [2.05, 4.69) is 19.9 Å². The summed E-state index contributed by atoms with van der Waals surface area (Å²) in [6.07, 6.45) is 10.1. The summed E-state index contributed by atoms with van der Waals surface area (Å²) in [5.41, 5.74) is 1.72. The van der Waals surface area contributed by atoms with Gasteiger partial charge in [0.1, 0.15) is 5.60 Å². The van der Waals surface area contributed by atoms with Gasteiger partial charge >= 0.3 is 11.9 Å². The average Bonchev–Trinajstić information content (AvgIpc) is 3.22. The van der Waals surface area contributed by atoms with Gasteiger partial charge in [-0.2, -0.15) is 0 Å². The van der Waals surface area contributed by atoms with Gasteiger partial charge < -0.3 is 9.47 Å². The zero-order valence-electron chi connectivity index (χ0n) is 17.6. The van der Waals surface area contributed by atoms with Crippen LogP contribution in [0.2, 0.25) is 0 Å². The first-order valence-corrected chi connectivity index (χ1v) is 11.0. The number of ether oxygens (including phenoxy) is 2. The Hall–Kier alpha value is -1.91. The molecule has 5 heteroatoms. The van der Waals surface area contributed by atoms with Gasteiger partial charge in [0.25, 0.3) is 0 Å². The summed E-state index contributed by atoms with van der Waals surface area (Å²) in [6, 6.07) is 0. The van der Waals surface area contributed by atoms with Crippen LogP contribution in [0.3, 0.4) is 0 Å². The molecule has 1 spiro atoms. The van der Waals surface area contributed by atoms with E-state index in [1.54, 1.807) is 6.08 Å². The predicted octanol–water partition coefficient (Wildman–Crippen LogP) is 3.91. The van der Waals surface area contributed by atoms with E-state index < -0.39 is 5.60 Å².